The molecule has 0 aromatic heterocycles. The SMILES string of the molecule is CCC(O)C#Cc1ccc2c(c1)CCN(c1ccc(N3CCC(N(C)C)C3)c(F)c1)C2=O. The quantitative estimate of drug-likeness (QED) is 0.749. The fourth-order valence-corrected chi connectivity index (χ4v) is 4.38. The van der Waals surface area contributed by atoms with Gasteiger partial charge in [0.25, 0.3) is 5.91 Å². The molecule has 5 nitrogen and oxygen atoms in total. The summed E-state index contributed by atoms with van der Waals surface area (Å²) < 4.78 is 15.0. The highest BCUT2D eigenvalue weighted by molar-refractivity contribution is 6.08. The van der Waals surface area contributed by atoms with Crippen LogP contribution < -0.4 is 9.80 Å². The van der Waals surface area contributed by atoms with E-state index in [1.165, 1.54) is 6.07 Å². The number of aliphatic hydroxyl groups is 1. The largest absolute Gasteiger partial charge is 0.380 e. The van der Waals surface area contributed by atoms with Crippen LogP contribution in [0.5, 0.6) is 0 Å². The minimum atomic E-state index is -0.643. The predicted octanol–water partition coefficient (Wildman–Crippen LogP) is 3.29. The molecule has 2 aromatic rings. The molecular weight excluding hydrogens is 405 g/mol. The van der Waals surface area contributed by atoms with Gasteiger partial charge in [-0.15, -0.1) is 0 Å². The maximum absolute atomic E-state index is 15.0. The Labute approximate surface area is 189 Å². The number of carbonyl (C=O) groups excluding carboxylic acids is 1. The number of nitrogens with zero attached hydrogens (tertiary/aromatic N) is 3. The highest BCUT2D eigenvalue weighted by Gasteiger charge is 2.28. The summed E-state index contributed by atoms with van der Waals surface area (Å²) >= 11 is 0. The van der Waals surface area contributed by atoms with E-state index in [2.05, 4.69) is 35.7 Å². The van der Waals surface area contributed by atoms with E-state index < -0.39 is 6.10 Å². The Hall–Kier alpha value is -2.88. The predicted molar refractivity (Wildman–Crippen MR) is 126 cm³/mol. The minimum Gasteiger partial charge on any atom is -0.380 e. The molecule has 0 aliphatic carbocycles. The molecule has 1 fully saturated rings. The van der Waals surface area contributed by atoms with Crippen molar-refractivity contribution in [2.75, 3.05) is 43.5 Å². The summed E-state index contributed by atoms with van der Waals surface area (Å²) in [5.41, 5.74) is 3.53. The summed E-state index contributed by atoms with van der Waals surface area (Å²) in [4.78, 5) is 19.0. The number of benzene rings is 2. The monoisotopic (exact) mass is 435 g/mol. The lowest BCUT2D eigenvalue weighted by Crippen LogP contribution is -2.37. The lowest BCUT2D eigenvalue weighted by Gasteiger charge is -2.29. The van der Waals surface area contributed by atoms with Crippen LogP contribution in [-0.4, -0.2) is 61.8 Å². The molecule has 6 heteroatoms. The number of halogens is 1. The second-order valence-electron chi connectivity index (χ2n) is 8.76. The molecule has 2 aliphatic heterocycles. The van der Waals surface area contributed by atoms with Gasteiger partial charge < -0.3 is 19.8 Å². The zero-order valence-electron chi connectivity index (χ0n) is 18.9. The summed E-state index contributed by atoms with van der Waals surface area (Å²) in [5, 5.41) is 9.64. The van der Waals surface area contributed by atoms with Crippen LogP contribution in [0, 0.1) is 17.7 Å². The number of rotatable bonds is 4. The maximum atomic E-state index is 15.0. The highest BCUT2D eigenvalue weighted by Crippen LogP contribution is 2.31. The van der Waals surface area contributed by atoms with Crippen molar-refractivity contribution in [3.8, 4) is 11.8 Å². The van der Waals surface area contributed by atoms with Gasteiger partial charge in [-0.25, -0.2) is 4.39 Å². The molecule has 1 saturated heterocycles. The summed E-state index contributed by atoms with van der Waals surface area (Å²) in [6.45, 7) is 4.00. The topological polar surface area (TPSA) is 47.0 Å². The van der Waals surface area contributed by atoms with Crippen molar-refractivity contribution in [1.29, 1.82) is 0 Å². The summed E-state index contributed by atoms with van der Waals surface area (Å²) in [7, 11) is 4.11. The number of anilines is 2. The first kappa shape index (κ1) is 22.3. The van der Waals surface area contributed by atoms with Crippen molar-refractivity contribution < 1.29 is 14.3 Å². The smallest absolute Gasteiger partial charge is 0.258 e. The van der Waals surface area contributed by atoms with E-state index >= 15 is 4.39 Å². The molecule has 4 rings (SSSR count). The molecule has 0 saturated carbocycles. The van der Waals surface area contributed by atoms with E-state index in [-0.39, 0.29) is 11.7 Å². The molecule has 0 spiro atoms. The van der Waals surface area contributed by atoms with Crippen molar-refractivity contribution in [3.05, 3.63) is 58.9 Å². The van der Waals surface area contributed by atoms with Crippen LogP contribution >= 0.6 is 0 Å². The first-order valence-electron chi connectivity index (χ1n) is 11.2. The molecule has 1 N–H and O–H groups in total. The number of carbonyl (C=O) groups is 1. The Kier molecular flexibility index (Phi) is 6.50. The third kappa shape index (κ3) is 4.50. The van der Waals surface area contributed by atoms with E-state index in [9.17, 15) is 9.90 Å². The standard InChI is InChI=1S/C26H30FN3O2/c1-4-22(31)8-5-18-6-9-23-19(15-18)11-14-30(26(23)32)20-7-10-25(24(27)16-20)29-13-12-21(17-29)28(2)3/h6-7,9-10,15-16,21-22,31H,4,11-14,17H2,1-3H3. The van der Waals surface area contributed by atoms with Crippen LogP contribution in [0.4, 0.5) is 15.8 Å². The van der Waals surface area contributed by atoms with Gasteiger partial charge in [-0.3, -0.25) is 4.79 Å². The zero-order valence-corrected chi connectivity index (χ0v) is 18.9. The molecule has 0 bridgehead atoms. The average Bonchev–Trinajstić information content (AvgIpc) is 3.28. The summed E-state index contributed by atoms with van der Waals surface area (Å²) in [5.74, 6) is 5.36. The number of likely N-dealkylation sites (N-methyl/N-ethyl adjacent to an activating group) is 1. The number of fused-ring (bicyclic) bond motifs is 1. The highest BCUT2D eigenvalue weighted by atomic mass is 19.1. The Bertz CT molecular complexity index is 1070. The molecular formula is C26H30FN3O2. The van der Waals surface area contributed by atoms with Gasteiger partial charge in [-0.1, -0.05) is 18.8 Å². The fourth-order valence-electron chi connectivity index (χ4n) is 4.38. The van der Waals surface area contributed by atoms with Crippen molar-refractivity contribution in [1.82, 2.24) is 4.90 Å². The second-order valence-corrected chi connectivity index (χ2v) is 8.76. The van der Waals surface area contributed by atoms with Crippen LogP contribution in [-0.2, 0) is 6.42 Å². The van der Waals surface area contributed by atoms with Gasteiger partial charge in [0.05, 0.1) is 5.69 Å². The molecule has 2 heterocycles. The van der Waals surface area contributed by atoms with Crippen molar-refractivity contribution in [2.45, 2.75) is 38.3 Å². The molecule has 32 heavy (non-hydrogen) atoms. The van der Waals surface area contributed by atoms with Gasteiger partial charge in [0.15, 0.2) is 0 Å². The van der Waals surface area contributed by atoms with Gasteiger partial charge in [-0.2, -0.15) is 0 Å². The normalized spacial score (nSPS) is 19.1. The summed E-state index contributed by atoms with van der Waals surface area (Å²) in [6, 6.07) is 11.0. The van der Waals surface area contributed by atoms with Crippen molar-refractivity contribution >= 4 is 17.3 Å². The van der Waals surface area contributed by atoms with Crippen LogP contribution in [0.25, 0.3) is 0 Å². The molecule has 1 amide bonds. The maximum Gasteiger partial charge on any atom is 0.258 e. The van der Waals surface area contributed by atoms with E-state index in [0.29, 0.717) is 42.4 Å². The van der Waals surface area contributed by atoms with Gasteiger partial charge in [-0.05, 0) is 75.3 Å². The second kappa shape index (κ2) is 9.32. The van der Waals surface area contributed by atoms with E-state index in [4.69, 9.17) is 0 Å². The average molecular weight is 436 g/mol. The number of hydrogen-bond acceptors (Lipinski definition) is 4. The number of amides is 1. The van der Waals surface area contributed by atoms with E-state index in [1.54, 1.807) is 23.1 Å². The molecule has 2 atom stereocenters. The third-order valence-electron chi connectivity index (χ3n) is 6.43. The van der Waals surface area contributed by atoms with Gasteiger partial charge in [0.1, 0.15) is 11.9 Å². The number of hydrogen-bond donors (Lipinski definition) is 1. The molecule has 168 valence electrons. The Balaban J connectivity index is 1.52. The van der Waals surface area contributed by atoms with Crippen molar-refractivity contribution in [2.24, 2.45) is 0 Å². The first-order chi connectivity index (χ1) is 15.4. The number of aliphatic hydroxyl groups excluding tert-OH is 1. The minimum absolute atomic E-state index is 0.125. The van der Waals surface area contributed by atoms with Crippen molar-refractivity contribution in [3.63, 3.8) is 0 Å². The van der Waals surface area contributed by atoms with Crippen LogP contribution in [0.2, 0.25) is 0 Å². The van der Waals surface area contributed by atoms with Gasteiger partial charge >= 0.3 is 0 Å². The van der Waals surface area contributed by atoms with E-state index in [0.717, 1.165) is 30.6 Å². The zero-order chi connectivity index (χ0) is 22.8. The van der Waals surface area contributed by atoms with Crippen LogP contribution in [0.3, 0.4) is 0 Å². The molecule has 2 aliphatic rings. The third-order valence-corrected chi connectivity index (χ3v) is 6.43. The van der Waals surface area contributed by atoms with E-state index in [1.807, 2.05) is 19.1 Å². The Morgan fingerprint density at radius 3 is 2.72 bits per heavy atom. The Morgan fingerprint density at radius 2 is 2.03 bits per heavy atom. The lowest BCUT2D eigenvalue weighted by atomic mass is 9.96. The molecule has 2 aromatic carbocycles. The Morgan fingerprint density at radius 1 is 1.22 bits per heavy atom. The van der Waals surface area contributed by atoms with Crippen LogP contribution in [0.1, 0.15) is 41.3 Å². The summed E-state index contributed by atoms with van der Waals surface area (Å²) in [6.07, 6.45) is 1.62. The van der Waals surface area contributed by atoms with Crippen LogP contribution in [0.15, 0.2) is 36.4 Å². The first-order valence-corrected chi connectivity index (χ1v) is 11.2. The van der Waals surface area contributed by atoms with Gasteiger partial charge in [0.2, 0.25) is 0 Å². The lowest BCUT2D eigenvalue weighted by molar-refractivity contribution is 0.0980. The molecule has 2 unspecified atom stereocenters. The van der Waals surface area contributed by atoms with Gasteiger partial charge in [0, 0.05) is 42.5 Å². The molecule has 0 radical (unpaired) electrons. The fraction of sp³-hybridized carbons (Fsp3) is 0.423.